The average molecular weight is 243 g/mol. The number of likely N-dealkylation sites (tertiary alicyclic amines) is 1. The number of carbonyl (C=O) groups is 1. The minimum Gasteiger partial charge on any atom is -0.343 e. The van der Waals surface area contributed by atoms with Crippen LogP contribution in [-0.4, -0.2) is 34.1 Å². The van der Waals surface area contributed by atoms with Crippen LogP contribution in [0.15, 0.2) is 24.3 Å². The molecule has 18 heavy (non-hydrogen) atoms. The molecule has 94 valence electrons. The van der Waals surface area contributed by atoms with Crippen LogP contribution in [0.25, 0.3) is 10.9 Å². The number of para-hydroxylation sites is 1. The summed E-state index contributed by atoms with van der Waals surface area (Å²) in [5, 5.41) is 8.41. The molecule has 0 aliphatic carbocycles. The first-order chi connectivity index (χ1) is 8.84. The Balaban J connectivity index is 1.67. The fraction of sp³-hybridized carbons (Fsp3) is 0.429. The van der Waals surface area contributed by atoms with Gasteiger partial charge in [0.05, 0.1) is 5.52 Å². The molecule has 0 spiro atoms. The molecule has 1 aliphatic heterocycles. The Morgan fingerprint density at radius 1 is 1.28 bits per heavy atom. The SMILES string of the molecule is O=C(CCc1[nH]nc2ccccc12)N1CCCC1. The number of hydrogen-bond acceptors (Lipinski definition) is 2. The number of hydrogen-bond donors (Lipinski definition) is 1. The lowest BCUT2D eigenvalue weighted by Crippen LogP contribution is -2.27. The van der Waals surface area contributed by atoms with E-state index in [1.807, 2.05) is 23.1 Å². The molecule has 0 saturated carbocycles. The molecule has 0 unspecified atom stereocenters. The largest absolute Gasteiger partial charge is 0.343 e. The fourth-order valence-corrected chi connectivity index (χ4v) is 2.56. The second-order valence-electron chi connectivity index (χ2n) is 4.81. The number of amides is 1. The third kappa shape index (κ3) is 2.10. The molecule has 1 aromatic heterocycles. The van der Waals surface area contributed by atoms with Crippen LogP contribution in [0.2, 0.25) is 0 Å². The first kappa shape index (κ1) is 11.3. The van der Waals surface area contributed by atoms with Crippen LogP contribution in [0.1, 0.15) is 25.0 Å². The maximum Gasteiger partial charge on any atom is 0.222 e. The van der Waals surface area contributed by atoms with Crippen LogP contribution in [0.5, 0.6) is 0 Å². The molecule has 1 saturated heterocycles. The Morgan fingerprint density at radius 2 is 2.06 bits per heavy atom. The zero-order valence-corrected chi connectivity index (χ0v) is 10.4. The van der Waals surface area contributed by atoms with E-state index in [4.69, 9.17) is 0 Å². The minimum absolute atomic E-state index is 0.270. The molecular weight excluding hydrogens is 226 g/mol. The van der Waals surface area contributed by atoms with Crippen molar-refractivity contribution in [3.05, 3.63) is 30.0 Å². The second kappa shape index (κ2) is 4.80. The molecular formula is C14H17N3O. The van der Waals surface area contributed by atoms with Gasteiger partial charge in [-0.15, -0.1) is 0 Å². The van der Waals surface area contributed by atoms with Gasteiger partial charge in [0, 0.05) is 30.6 Å². The van der Waals surface area contributed by atoms with Crippen molar-refractivity contribution in [1.29, 1.82) is 0 Å². The number of carbonyl (C=O) groups excluding carboxylic acids is 1. The molecule has 1 aliphatic rings. The zero-order chi connectivity index (χ0) is 12.4. The van der Waals surface area contributed by atoms with E-state index in [2.05, 4.69) is 16.3 Å². The van der Waals surface area contributed by atoms with E-state index < -0.39 is 0 Å². The van der Waals surface area contributed by atoms with Crippen LogP contribution in [0.4, 0.5) is 0 Å². The van der Waals surface area contributed by atoms with Crippen molar-refractivity contribution in [1.82, 2.24) is 15.1 Å². The van der Waals surface area contributed by atoms with Crippen molar-refractivity contribution in [2.45, 2.75) is 25.7 Å². The molecule has 1 aromatic carbocycles. The smallest absolute Gasteiger partial charge is 0.222 e. The summed E-state index contributed by atoms with van der Waals surface area (Å²) < 4.78 is 0. The highest BCUT2D eigenvalue weighted by atomic mass is 16.2. The van der Waals surface area contributed by atoms with E-state index in [0.29, 0.717) is 6.42 Å². The number of fused-ring (bicyclic) bond motifs is 1. The third-order valence-corrected chi connectivity index (χ3v) is 3.59. The van der Waals surface area contributed by atoms with Crippen molar-refractivity contribution in [2.24, 2.45) is 0 Å². The van der Waals surface area contributed by atoms with E-state index in [9.17, 15) is 4.79 Å². The number of H-pyrrole nitrogens is 1. The average Bonchev–Trinajstić information content (AvgIpc) is 3.06. The Hall–Kier alpha value is -1.84. The van der Waals surface area contributed by atoms with Crippen LogP contribution in [0, 0.1) is 0 Å². The standard InChI is InChI=1S/C14H17N3O/c18-14(17-9-3-4-10-17)8-7-13-11-5-1-2-6-12(11)15-16-13/h1-2,5-6H,3-4,7-10H2,(H,15,16). The van der Waals surface area contributed by atoms with Crippen molar-refractivity contribution >= 4 is 16.8 Å². The Bertz CT molecular complexity index is 555. The maximum atomic E-state index is 12.0. The molecule has 4 nitrogen and oxygen atoms in total. The normalized spacial score (nSPS) is 15.4. The van der Waals surface area contributed by atoms with Gasteiger partial charge in [-0.3, -0.25) is 9.89 Å². The van der Waals surface area contributed by atoms with Gasteiger partial charge in [0.1, 0.15) is 0 Å². The highest BCUT2D eigenvalue weighted by Crippen LogP contribution is 2.17. The lowest BCUT2D eigenvalue weighted by molar-refractivity contribution is -0.130. The lowest BCUT2D eigenvalue weighted by Gasteiger charge is -2.14. The van der Waals surface area contributed by atoms with E-state index in [1.54, 1.807) is 0 Å². The summed E-state index contributed by atoms with van der Waals surface area (Å²) in [5.74, 6) is 0.270. The number of nitrogens with zero attached hydrogens (tertiary/aromatic N) is 2. The number of aromatic nitrogens is 2. The van der Waals surface area contributed by atoms with Gasteiger partial charge in [0.25, 0.3) is 0 Å². The van der Waals surface area contributed by atoms with Gasteiger partial charge in [0.15, 0.2) is 0 Å². The van der Waals surface area contributed by atoms with E-state index in [0.717, 1.165) is 48.9 Å². The number of aryl methyl sites for hydroxylation is 1. The first-order valence-electron chi connectivity index (χ1n) is 6.54. The highest BCUT2D eigenvalue weighted by molar-refractivity contribution is 5.82. The second-order valence-corrected chi connectivity index (χ2v) is 4.81. The van der Waals surface area contributed by atoms with Crippen molar-refractivity contribution in [3.8, 4) is 0 Å². The predicted molar refractivity (Wildman–Crippen MR) is 70.2 cm³/mol. The first-order valence-corrected chi connectivity index (χ1v) is 6.54. The monoisotopic (exact) mass is 243 g/mol. The highest BCUT2D eigenvalue weighted by Gasteiger charge is 2.18. The fourth-order valence-electron chi connectivity index (χ4n) is 2.56. The summed E-state index contributed by atoms with van der Waals surface area (Å²) in [7, 11) is 0. The van der Waals surface area contributed by atoms with E-state index >= 15 is 0 Å². The van der Waals surface area contributed by atoms with Crippen molar-refractivity contribution < 1.29 is 4.79 Å². The molecule has 1 N–H and O–H groups in total. The summed E-state index contributed by atoms with van der Waals surface area (Å²) in [5.41, 5.74) is 2.04. The predicted octanol–water partition coefficient (Wildman–Crippen LogP) is 2.12. The summed E-state index contributed by atoms with van der Waals surface area (Å²) >= 11 is 0. The quantitative estimate of drug-likeness (QED) is 0.897. The van der Waals surface area contributed by atoms with E-state index in [-0.39, 0.29) is 5.91 Å². The van der Waals surface area contributed by atoms with Gasteiger partial charge < -0.3 is 4.90 Å². The van der Waals surface area contributed by atoms with Gasteiger partial charge in [-0.2, -0.15) is 5.10 Å². The summed E-state index contributed by atoms with van der Waals surface area (Å²) in [6.07, 6.45) is 3.62. The third-order valence-electron chi connectivity index (χ3n) is 3.59. The summed E-state index contributed by atoms with van der Waals surface area (Å²) in [6, 6.07) is 8.01. The summed E-state index contributed by atoms with van der Waals surface area (Å²) in [6.45, 7) is 1.87. The molecule has 1 fully saturated rings. The summed E-state index contributed by atoms with van der Waals surface area (Å²) in [4.78, 5) is 13.9. The van der Waals surface area contributed by atoms with Crippen LogP contribution >= 0.6 is 0 Å². The van der Waals surface area contributed by atoms with Crippen LogP contribution in [-0.2, 0) is 11.2 Å². The van der Waals surface area contributed by atoms with Gasteiger partial charge >= 0.3 is 0 Å². The molecule has 0 radical (unpaired) electrons. The minimum atomic E-state index is 0.270. The molecule has 2 aromatic rings. The Kier molecular flexibility index (Phi) is 3.00. The van der Waals surface area contributed by atoms with E-state index in [1.165, 1.54) is 0 Å². The molecule has 0 atom stereocenters. The van der Waals surface area contributed by atoms with Crippen molar-refractivity contribution in [3.63, 3.8) is 0 Å². The molecule has 1 amide bonds. The van der Waals surface area contributed by atoms with Crippen LogP contribution in [0.3, 0.4) is 0 Å². The van der Waals surface area contributed by atoms with Gasteiger partial charge in [-0.1, -0.05) is 18.2 Å². The lowest BCUT2D eigenvalue weighted by atomic mass is 10.1. The Morgan fingerprint density at radius 3 is 2.89 bits per heavy atom. The Labute approximate surface area is 106 Å². The number of nitrogens with one attached hydrogen (secondary N) is 1. The molecule has 3 rings (SSSR count). The van der Waals surface area contributed by atoms with Crippen molar-refractivity contribution in [2.75, 3.05) is 13.1 Å². The van der Waals surface area contributed by atoms with Gasteiger partial charge in [-0.05, 0) is 25.3 Å². The van der Waals surface area contributed by atoms with Gasteiger partial charge in [0.2, 0.25) is 5.91 Å². The number of rotatable bonds is 3. The molecule has 0 bridgehead atoms. The number of aromatic amines is 1. The van der Waals surface area contributed by atoms with Crippen LogP contribution < -0.4 is 0 Å². The molecule has 4 heteroatoms. The zero-order valence-electron chi connectivity index (χ0n) is 10.4. The molecule has 2 heterocycles. The topological polar surface area (TPSA) is 49.0 Å². The maximum absolute atomic E-state index is 12.0. The number of benzene rings is 1. The van der Waals surface area contributed by atoms with Gasteiger partial charge in [-0.25, -0.2) is 0 Å².